The van der Waals surface area contributed by atoms with E-state index in [1.807, 2.05) is 34.6 Å². The maximum Gasteiger partial charge on any atom is 0.408 e. The maximum absolute atomic E-state index is 11.5. The van der Waals surface area contributed by atoms with Crippen molar-refractivity contribution in [3.63, 3.8) is 0 Å². The van der Waals surface area contributed by atoms with Crippen LogP contribution in [0.15, 0.2) is 0 Å². The van der Waals surface area contributed by atoms with Crippen LogP contribution in [-0.4, -0.2) is 17.2 Å². The molecule has 0 aromatic carbocycles. The molecule has 96 valence electrons. The second-order valence-corrected chi connectivity index (χ2v) is 5.39. The normalized spacial score (nSPS) is 18.4. The first-order valence-corrected chi connectivity index (χ1v) is 6.32. The third-order valence-corrected chi connectivity index (χ3v) is 2.51. The van der Waals surface area contributed by atoms with Gasteiger partial charge in [0.05, 0.1) is 0 Å². The van der Waals surface area contributed by atoms with Gasteiger partial charge in [0.1, 0.15) is 5.60 Å². The zero-order valence-corrected chi connectivity index (χ0v) is 11.6. The first-order valence-electron chi connectivity index (χ1n) is 6.32. The molecule has 1 saturated carbocycles. The number of rotatable bonds is 1. The van der Waals surface area contributed by atoms with Crippen molar-refractivity contribution < 1.29 is 9.53 Å². The Kier molecular flexibility index (Phi) is 5.84. The molecule has 0 unspecified atom stereocenters. The Hall–Kier alpha value is -0.730. The van der Waals surface area contributed by atoms with E-state index in [0.29, 0.717) is 0 Å². The molecule has 1 aliphatic carbocycles. The van der Waals surface area contributed by atoms with Gasteiger partial charge in [0.15, 0.2) is 0 Å². The van der Waals surface area contributed by atoms with Crippen LogP contribution >= 0.6 is 0 Å². The largest absolute Gasteiger partial charge is 0.444 e. The van der Waals surface area contributed by atoms with E-state index < -0.39 is 5.60 Å². The summed E-state index contributed by atoms with van der Waals surface area (Å²) in [6, 6.07) is 0. The van der Waals surface area contributed by atoms with E-state index in [4.69, 9.17) is 4.74 Å². The second-order valence-electron chi connectivity index (χ2n) is 5.39. The Bertz CT molecular complexity index is 212. The van der Waals surface area contributed by atoms with Crippen molar-refractivity contribution in [2.75, 3.05) is 0 Å². The van der Waals surface area contributed by atoms with E-state index in [9.17, 15) is 4.79 Å². The van der Waals surface area contributed by atoms with E-state index in [2.05, 4.69) is 12.2 Å². The fraction of sp³-hybridized carbons (Fsp3) is 0.923. The first kappa shape index (κ1) is 15.3. The number of ether oxygens (including phenoxy) is 1. The van der Waals surface area contributed by atoms with E-state index >= 15 is 0 Å². The van der Waals surface area contributed by atoms with Crippen LogP contribution < -0.4 is 5.32 Å². The molecule has 1 N–H and O–H groups in total. The molecule has 1 aliphatic rings. The summed E-state index contributed by atoms with van der Waals surface area (Å²) in [5.74, 6) is 0. The van der Waals surface area contributed by atoms with Gasteiger partial charge in [-0.25, -0.2) is 4.79 Å². The molecule has 0 atom stereocenters. The highest BCUT2D eigenvalue weighted by Crippen LogP contribution is 2.29. The first-order chi connectivity index (χ1) is 7.31. The van der Waals surface area contributed by atoms with Crippen LogP contribution in [0.2, 0.25) is 0 Å². The number of hydrogen-bond acceptors (Lipinski definition) is 2. The Morgan fingerprint density at radius 1 is 1.19 bits per heavy atom. The molecular weight excluding hydrogens is 202 g/mol. The predicted octanol–water partition coefficient (Wildman–Crippen LogP) is 3.87. The lowest BCUT2D eigenvalue weighted by Crippen LogP contribution is -2.45. The molecule has 0 radical (unpaired) electrons. The van der Waals surface area contributed by atoms with Crippen LogP contribution in [0.1, 0.15) is 67.2 Å². The Morgan fingerprint density at radius 2 is 1.62 bits per heavy atom. The van der Waals surface area contributed by atoms with Gasteiger partial charge in [-0.15, -0.1) is 0 Å². The van der Waals surface area contributed by atoms with E-state index in [1.165, 1.54) is 12.8 Å². The monoisotopic (exact) mass is 229 g/mol. The Morgan fingerprint density at radius 3 is 2.00 bits per heavy atom. The third kappa shape index (κ3) is 5.99. The molecule has 0 aromatic heterocycles. The van der Waals surface area contributed by atoms with Crippen LogP contribution in [-0.2, 0) is 4.74 Å². The van der Waals surface area contributed by atoms with Crippen molar-refractivity contribution in [3.8, 4) is 0 Å². The SMILES string of the molecule is CC.CC1(NC(=O)OC(C)(C)C)CCCC1. The highest BCUT2D eigenvalue weighted by Gasteiger charge is 2.31. The van der Waals surface area contributed by atoms with Crippen molar-refractivity contribution in [2.24, 2.45) is 0 Å². The minimum atomic E-state index is -0.404. The minimum Gasteiger partial charge on any atom is -0.444 e. The second kappa shape index (κ2) is 6.12. The van der Waals surface area contributed by atoms with Crippen LogP contribution in [0.25, 0.3) is 0 Å². The fourth-order valence-electron chi connectivity index (χ4n) is 1.83. The highest BCUT2D eigenvalue weighted by atomic mass is 16.6. The lowest BCUT2D eigenvalue weighted by Gasteiger charge is -2.28. The number of amides is 1. The molecule has 3 nitrogen and oxygen atoms in total. The summed E-state index contributed by atoms with van der Waals surface area (Å²) >= 11 is 0. The quantitative estimate of drug-likeness (QED) is 0.741. The summed E-state index contributed by atoms with van der Waals surface area (Å²) < 4.78 is 5.21. The summed E-state index contributed by atoms with van der Waals surface area (Å²) in [7, 11) is 0. The summed E-state index contributed by atoms with van der Waals surface area (Å²) in [6.07, 6.45) is 4.23. The standard InChI is InChI=1S/C11H21NO2.C2H6/c1-10(2,3)14-9(13)12-11(4)7-5-6-8-11;1-2/h5-8H2,1-4H3,(H,12,13);1-2H3. The lowest BCUT2D eigenvalue weighted by atomic mass is 10.0. The van der Waals surface area contributed by atoms with Crippen molar-refractivity contribution in [2.45, 2.75) is 78.4 Å². The summed E-state index contributed by atoms with van der Waals surface area (Å²) in [6.45, 7) is 11.7. The number of carbonyl (C=O) groups is 1. The summed E-state index contributed by atoms with van der Waals surface area (Å²) in [4.78, 5) is 11.5. The number of nitrogens with one attached hydrogen (secondary N) is 1. The zero-order valence-electron chi connectivity index (χ0n) is 11.6. The fourth-order valence-corrected chi connectivity index (χ4v) is 1.83. The molecule has 0 heterocycles. The summed E-state index contributed by atoms with van der Waals surface area (Å²) in [5, 5.41) is 2.95. The molecule has 0 saturated heterocycles. The maximum atomic E-state index is 11.5. The molecule has 0 spiro atoms. The Balaban J connectivity index is 0.00000106. The van der Waals surface area contributed by atoms with Crippen molar-refractivity contribution >= 4 is 6.09 Å². The molecule has 1 amide bonds. The van der Waals surface area contributed by atoms with Crippen LogP contribution in [0.4, 0.5) is 4.79 Å². The molecule has 3 heteroatoms. The van der Waals surface area contributed by atoms with Crippen LogP contribution in [0.3, 0.4) is 0 Å². The molecule has 1 fully saturated rings. The van der Waals surface area contributed by atoms with E-state index in [0.717, 1.165) is 12.8 Å². The number of carbonyl (C=O) groups excluding carboxylic acids is 1. The van der Waals surface area contributed by atoms with Gasteiger partial charge in [0, 0.05) is 5.54 Å². The predicted molar refractivity (Wildman–Crippen MR) is 67.6 cm³/mol. The topological polar surface area (TPSA) is 38.3 Å². The average molecular weight is 229 g/mol. The van der Waals surface area contributed by atoms with E-state index in [-0.39, 0.29) is 11.6 Å². The lowest BCUT2D eigenvalue weighted by molar-refractivity contribution is 0.0466. The van der Waals surface area contributed by atoms with Gasteiger partial charge < -0.3 is 10.1 Å². The highest BCUT2D eigenvalue weighted by molar-refractivity contribution is 5.68. The molecule has 0 aromatic rings. The molecule has 16 heavy (non-hydrogen) atoms. The molecular formula is C13H27NO2. The van der Waals surface area contributed by atoms with Crippen LogP contribution in [0, 0.1) is 0 Å². The van der Waals surface area contributed by atoms with Gasteiger partial charge in [0.25, 0.3) is 0 Å². The van der Waals surface area contributed by atoms with Gasteiger partial charge in [0.2, 0.25) is 0 Å². The van der Waals surface area contributed by atoms with Crippen molar-refractivity contribution in [1.29, 1.82) is 0 Å². The van der Waals surface area contributed by atoms with Crippen molar-refractivity contribution in [1.82, 2.24) is 5.32 Å². The smallest absolute Gasteiger partial charge is 0.408 e. The minimum absolute atomic E-state index is 0.0394. The van der Waals surface area contributed by atoms with Gasteiger partial charge in [-0.2, -0.15) is 0 Å². The van der Waals surface area contributed by atoms with Crippen LogP contribution in [0.5, 0.6) is 0 Å². The van der Waals surface area contributed by atoms with Gasteiger partial charge in [-0.3, -0.25) is 0 Å². The molecule has 1 rings (SSSR count). The zero-order chi connectivity index (χ0) is 12.8. The molecule has 0 aliphatic heterocycles. The number of hydrogen-bond donors (Lipinski definition) is 1. The van der Waals surface area contributed by atoms with Crippen molar-refractivity contribution in [3.05, 3.63) is 0 Å². The van der Waals surface area contributed by atoms with E-state index in [1.54, 1.807) is 0 Å². The number of alkyl carbamates (subject to hydrolysis) is 1. The summed E-state index contributed by atoms with van der Waals surface area (Å²) in [5.41, 5.74) is -0.443. The van der Waals surface area contributed by atoms with Gasteiger partial charge >= 0.3 is 6.09 Å². The Labute approximate surface area is 99.9 Å². The third-order valence-electron chi connectivity index (χ3n) is 2.51. The average Bonchev–Trinajstić information content (AvgIpc) is 2.51. The van der Waals surface area contributed by atoms with Gasteiger partial charge in [-0.1, -0.05) is 26.7 Å². The van der Waals surface area contributed by atoms with Gasteiger partial charge in [-0.05, 0) is 40.5 Å². The molecule has 0 bridgehead atoms.